The van der Waals surface area contributed by atoms with Crippen molar-refractivity contribution in [2.24, 2.45) is 0 Å². The fourth-order valence-corrected chi connectivity index (χ4v) is 2.53. The van der Waals surface area contributed by atoms with Crippen LogP contribution in [0.4, 0.5) is 4.39 Å². The zero-order valence-corrected chi connectivity index (χ0v) is 11.3. The summed E-state index contributed by atoms with van der Waals surface area (Å²) in [5.41, 5.74) is 1.39. The zero-order chi connectivity index (χ0) is 12.7. The SMILES string of the molecule is Cc1c(F)cccc1C1OCCn2nc(Br)nc21. The molecule has 0 aliphatic carbocycles. The summed E-state index contributed by atoms with van der Waals surface area (Å²) in [7, 11) is 0. The molecule has 3 rings (SSSR count). The van der Waals surface area contributed by atoms with Crippen LogP contribution in [0.15, 0.2) is 22.9 Å². The summed E-state index contributed by atoms with van der Waals surface area (Å²) < 4.78 is 21.7. The van der Waals surface area contributed by atoms with Gasteiger partial charge in [0.15, 0.2) is 5.82 Å². The molecule has 0 saturated carbocycles. The van der Waals surface area contributed by atoms with Gasteiger partial charge in [0.25, 0.3) is 0 Å². The van der Waals surface area contributed by atoms with Gasteiger partial charge in [0.1, 0.15) is 11.9 Å². The van der Waals surface area contributed by atoms with Crippen LogP contribution >= 0.6 is 15.9 Å². The molecule has 1 unspecified atom stereocenters. The minimum absolute atomic E-state index is 0.230. The van der Waals surface area contributed by atoms with E-state index in [9.17, 15) is 4.39 Å². The molecule has 0 amide bonds. The Morgan fingerprint density at radius 3 is 3.17 bits per heavy atom. The van der Waals surface area contributed by atoms with E-state index in [-0.39, 0.29) is 11.9 Å². The van der Waals surface area contributed by atoms with Crippen LogP contribution < -0.4 is 0 Å². The smallest absolute Gasteiger partial charge is 0.217 e. The molecular weight excluding hydrogens is 301 g/mol. The average Bonchev–Trinajstić information content (AvgIpc) is 2.73. The van der Waals surface area contributed by atoms with Crippen molar-refractivity contribution in [2.45, 2.75) is 19.6 Å². The predicted molar refractivity (Wildman–Crippen MR) is 66.7 cm³/mol. The third-order valence-electron chi connectivity index (χ3n) is 3.09. The van der Waals surface area contributed by atoms with Crippen LogP contribution in [-0.4, -0.2) is 21.4 Å². The Morgan fingerprint density at radius 2 is 2.33 bits per heavy atom. The standard InChI is InChI=1S/C12H11BrFN3O/c1-7-8(3-2-4-9(7)14)10-11-15-12(13)16-17(11)5-6-18-10/h2-4,10H,5-6H2,1H3. The molecule has 6 heteroatoms. The first-order valence-electron chi connectivity index (χ1n) is 5.63. The van der Waals surface area contributed by atoms with Crippen molar-refractivity contribution in [3.63, 3.8) is 0 Å². The number of hydrogen-bond donors (Lipinski definition) is 0. The maximum atomic E-state index is 13.6. The summed E-state index contributed by atoms with van der Waals surface area (Å²) in [5.74, 6) is 0.480. The summed E-state index contributed by atoms with van der Waals surface area (Å²) in [6, 6.07) is 5.00. The monoisotopic (exact) mass is 311 g/mol. The van der Waals surface area contributed by atoms with E-state index in [1.807, 2.05) is 6.07 Å². The first-order valence-corrected chi connectivity index (χ1v) is 6.43. The van der Waals surface area contributed by atoms with Crippen LogP contribution in [0.5, 0.6) is 0 Å². The van der Waals surface area contributed by atoms with E-state index in [1.54, 1.807) is 17.7 Å². The van der Waals surface area contributed by atoms with Gasteiger partial charge in [-0.05, 0) is 40.0 Å². The Balaban J connectivity index is 2.11. The average molecular weight is 312 g/mol. The van der Waals surface area contributed by atoms with E-state index in [2.05, 4.69) is 26.0 Å². The van der Waals surface area contributed by atoms with Gasteiger partial charge in [-0.25, -0.2) is 14.1 Å². The molecule has 0 radical (unpaired) electrons. The summed E-state index contributed by atoms with van der Waals surface area (Å²) in [4.78, 5) is 4.30. The normalized spacial score (nSPS) is 18.7. The molecule has 4 nitrogen and oxygen atoms in total. The van der Waals surface area contributed by atoms with Gasteiger partial charge >= 0.3 is 0 Å². The van der Waals surface area contributed by atoms with E-state index in [4.69, 9.17) is 4.74 Å². The molecule has 1 aliphatic heterocycles. The van der Waals surface area contributed by atoms with Crippen molar-refractivity contribution in [1.82, 2.24) is 14.8 Å². The first kappa shape index (κ1) is 11.8. The van der Waals surface area contributed by atoms with Crippen LogP contribution in [-0.2, 0) is 11.3 Å². The van der Waals surface area contributed by atoms with E-state index in [1.165, 1.54) is 6.07 Å². The molecule has 18 heavy (non-hydrogen) atoms. The summed E-state index contributed by atoms with van der Waals surface area (Å²) in [6.45, 7) is 2.96. The Kier molecular flexibility index (Phi) is 2.91. The Labute approximate surface area is 112 Å². The lowest BCUT2D eigenvalue weighted by atomic mass is 10.0. The maximum absolute atomic E-state index is 13.6. The van der Waals surface area contributed by atoms with Crippen LogP contribution in [0.3, 0.4) is 0 Å². The third-order valence-corrected chi connectivity index (χ3v) is 3.42. The molecule has 2 aromatic rings. The largest absolute Gasteiger partial charge is 0.364 e. The van der Waals surface area contributed by atoms with E-state index < -0.39 is 0 Å². The number of hydrogen-bond acceptors (Lipinski definition) is 3. The molecule has 1 aromatic heterocycles. The molecule has 1 aliphatic rings. The van der Waals surface area contributed by atoms with Gasteiger partial charge in [0.05, 0.1) is 13.2 Å². The Bertz CT molecular complexity index is 599. The van der Waals surface area contributed by atoms with Crippen LogP contribution in [0.25, 0.3) is 0 Å². The number of rotatable bonds is 1. The number of nitrogens with zero attached hydrogens (tertiary/aromatic N) is 3. The Hall–Kier alpha value is -1.27. The summed E-state index contributed by atoms with van der Waals surface area (Å²) in [5, 5.41) is 4.23. The van der Waals surface area contributed by atoms with Gasteiger partial charge in [-0.3, -0.25) is 0 Å². The third kappa shape index (κ3) is 1.85. The molecule has 0 spiro atoms. The lowest BCUT2D eigenvalue weighted by molar-refractivity contribution is 0.0384. The van der Waals surface area contributed by atoms with E-state index >= 15 is 0 Å². The second-order valence-electron chi connectivity index (χ2n) is 4.17. The summed E-state index contributed by atoms with van der Waals surface area (Å²) in [6.07, 6.45) is -0.353. The first-order chi connectivity index (χ1) is 8.66. The molecule has 1 aromatic carbocycles. The van der Waals surface area contributed by atoms with Gasteiger partial charge < -0.3 is 4.74 Å². The predicted octanol–water partition coefficient (Wildman–Crippen LogP) is 2.61. The molecule has 0 saturated heterocycles. The van der Waals surface area contributed by atoms with E-state index in [0.717, 1.165) is 5.56 Å². The molecule has 0 bridgehead atoms. The lowest BCUT2D eigenvalue weighted by Crippen LogP contribution is -2.24. The van der Waals surface area contributed by atoms with Crippen LogP contribution in [0, 0.1) is 12.7 Å². The van der Waals surface area contributed by atoms with Crippen molar-refractivity contribution in [2.75, 3.05) is 6.61 Å². The van der Waals surface area contributed by atoms with Crippen molar-refractivity contribution < 1.29 is 9.13 Å². The van der Waals surface area contributed by atoms with Gasteiger partial charge in [-0.2, -0.15) is 0 Å². The quantitative estimate of drug-likeness (QED) is 0.812. The minimum Gasteiger partial charge on any atom is -0.364 e. The van der Waals surface area contributed by atoms with Crippen molar-refractivity contribution in [1.29, 1.82) is 0 Å². The highest BCUT2D eigenvalue weighted by atomic mass is 79.9. The zero-order valence-electron chi connectivity index (χ0n) is 9.73. The highest BCUT2D eigenvalue weighted by Gasteiger charge is 2.27. The van der Waals surface area contributed by atoms with Gasteiger partial charge in [0.2, 0.25) is 4.73 Å². The number of aromatic nitrogens is 3. The topological polar surface area (TPSA) is 39.9 Å². The van der Waals surface area contributed by atoms with Gasteiger partial charge in [0, 0.05) is 0 Å². The second kappa shape index (κ2) is 4.44. The molecule has 2 heterocycles. The molecule has 0 fully saturated rings. The van der Waals surface area contributed by atoms with Crippen molar-refractivity contribution in [3.05, 3.63) is 45.7 Å². The second-order valence-corrected chi connectivity index (χ2v) is 4.88. The summed E-state index contributed by atoms with van der Waals surface area (Å²) >= 11 is 3.25. The highest BCUT2D eigenvalue weighted by molar-refractivity contribution is 9.10. The lowest BCUT2D eigenvalue weighted by Gasteiger charge is -2.24. The van der Waals surface area contributed by atoms with Crippen LogP contribution in [0.2, 0.25) is 0 Å². The van der Waals surface area contributed by atoms with Gasteiger partial charge in [-0.1, -0.05) is 12.1 Å². The minimum atomic E-state index is -0.353. The van der Waals surface area contributed by atoms with E-state index in [0.29, 0.717) is 29.3 Å². The Morgan fingerprint density at radius 1 is 1.50 bits per heavy atom. The maximum Gasteiger partial charge on any atom is 0.217 e. The fraction of sp³-hybridized carbons (Fsp3) is 0.333. The molecule has 1 atom stereocenters. The van der Waals surface area contributed by atoms with Gasteiger partial charge in [-0.15, -0.1) is 5.10 Å². The molecular formula is C12H11BrFN3O. The molecule has 94 valence electrons. The number of fused-ring (bicyclic) bond motifs is 1. The number of ether oxygens (including phenoxy) is 1. The molecule has 0 N–H and O–H groups in total. The number of halogens is 2. The number of benzene rings is 1. The highest BCUT2D eigenvalue weighted by Crippen LogP contribution is 2.31. The van der Waals surface area contributed by atoms with Crippen LogP contribution in [0.1, 0.15) is 23.1 Å². The fourth-order valence-electron chi connectivity index (χ4n) is 2.15. The van der Waals surface area contributed by atoms with Crippen molar-refractivity contribution in [3.8, 4) is 0 Å². The van der Waals surface area contributed by atoms with Crippen molar-refractivity contribution >= 4 is 15.9 Å².